The first-order chi connectivity index (χ1) is 15.3. The van der Waals surface area contributed by atoms with Crippen LogP contribution in [0.3, 0.4) is 0 Å². The number of anilines is 1. The maximum Gasteiger partial charge on any atom is 0.322 e. The Morgan fingerprint density at radius 2 is 2.03 bits per heavy atom. The molecule has 1 unspecified atom stereocenters. The highest BCUT2D eigenvalue weighted by molar-refractivity contribution is 6.31. The number of carbonyl (C=O) groups is 1. The first-order valence-electron chi connectivity index (χ1n) is 9.80. The van der Waals surface area contributed by atoms with Crippen molar-refractivity contribution in [3.63, 3.8) is 0 Å². The lowest BCUT2D eigenvalue weighted by molar-refractivity contribution is 0.208. The van der Waals surface area contributed by atoms with Gasteiger partial charge in [0.15, 0.2) is 0 Å². The fourth-order valence-electron chi connectivity index (χ4n) is 3.47. The van der Waals surface area contributed by atoms with Crippen molar-refractivity contribution in [3.05, 3.63) is 87.3 Å². The van der Waals surface area contributed by atoms with Crippen LogP contribution >= 0.6 is 11.6 Å². The van der Waals surface area contributed by atoms with Crippen LogP contribution in [-0.2, 0) is 6.54 Å². The predicted molar refractivity (Wildman–Crippen MR) is 120 cm³/mol. The van der Waals surface area contributed by atoms with Crippen LogP contribution in [-0.4, -0.2) is 38.0 Å². The van der Waals surface area contributed by atoms with Crippen LogP contribution in [0, 0.1) is 5.82 Å². The molecule has 0 radical (unpaired) electrons. The minimum absolute atomic E-state index is 0.0792. The Kier molecular flexibility index (Phi) is 5.91. The average Bonchev–Trinajstić information content (AvgIpc) is 3.30. The number of carbonyl (C=O) groups excluding carboxylic acids is 1. The topological polar surface area (TPSA) is 95.9 Å². The number of H-pyrrole nitrogens is 1. The van der Waals surface area contributed by atoms with Crippen LogP contribution in [0.1, 0.15) is 24.2 Å². The molecule has 4 rings (SSSR count). The fraction of sp³-hybridized carbons (Fsp3) is 0.182. The molecular formula is C22H20ClFN6O2. The lowest BCUT2D eigenvalue weighted by atomic mass is 10.0. The first-order valence-corrected chi connectivity index (χ1v) is 10.2. The van der Waals surface area contributed by atoms with Gasteiger partial charge < -0.3 is 14.8 Å². The monoisotopic (exact) mass is 454 g/mol. The number of halogens is 2. The highest BCUT2D eigenvalue weighted by Crippen LogP contribution is 2.27. The van der Waals surface area contributed by atoms with E-state index in [9.17, 15) is 14.0 Å². The van der Waals surface area contributed by atoms with Crippen LogP contribution in [0.15, 0.2) is 59.7 Å². The lowest BCUT2D eigenvalue weighted by Gasteiger charge is -2.27. The molecule has 2 N–H and O–H groups in total. The van der Waals surface area contributed by atoms with Gasteiger partial charge >= 0.3 is 6.03 Å². The molecule has 2 amide bonds. The molecule has 2 aromatic carbocycles. The number of benzene rings is 2. The van der Waals surface area contributed by atoms with Crippen molar-refractivity contribution >= 4 is 34.1 Å². The normalized spacial score (nSPS) is 12.0. The van der Waals surface area contributed by atoms with Crippen molar-refractivity contribution in [1.29, 1.82) is 0 Å². The van der Waals surface area contributed by atoms with Crippen molar-refractivity contribution in [2.24, 2.45) is 0 Å². The third-order valence-corrected chi connectivity index (χ3v) is 5.63. The molecular weight excluding hydrogens is 435 g/mol. The molecule has 4 aromatic rings. The zero-order valence-corrected chi connectivity index (χ0v) is 18.1. The van der Waals surface area contributed by atoms with Gasteiger partial charge in [0.25, 0.3) is 5.56 Å². The summed E-state index contributed by atoms with van der Waals surface area (Å²) in [5, 5.41) is 14.3. The Morgan fingerprint density at radius 1 is 1.28 bits per heavy atom. The summed E-state index contributed by atoms with van der Waals surface area (Å²) < 4.78 is 15.0. The Balaban J connectivity index is 1.67. The number of urea groups is 1. The van der Waals surface area contributed by atoms with Gasteiger partial charge in [-0.1, -0.05) is 29.8 Å². The molecule has 8 nitrogen and oxygen atoms in total. The largest absolute Gasteiger partial charge is 0.322 e. The Hall–Kier alpha value is -3.72. The van der Waals surface area contributed by atoms with E-state index in [0.717, 1.165) is 10.9 Å². The highest BCUT2D eigenvalue weighted by atomic mass is 35.5. The summed E-state index contributed by atoms with van der Waals surface area (Å²) in [6.07, 6.45) is 3.29. The summed E-state index contributed by atoms with van der Waals surface area (Å²) in [6.45, 7) is 2.10. The van der Waals surface area contributed by atoms with E-state index in [2.05, 4.69) is 20.7 Å². The summed E-state index contributed by atoms with van der Waals surface area (Å²) >= 11 is 5.81. The van der Waals surface area contributed by atoms with Gasteiger partial charge in [-0.2, -0.15) is 15.4 Å². The van der Waals surface area contributed by atoms with Gasteiger partial charge in [0.1, 0.15) is 11.5 Å². The molecule has 0 saturated carbocycles. The zero-order chi connectivity index (χ0) is 22.8. The summed E-state index contributed by atoms with van der Waals surface area (Å²) in [4.78, 5) is 27.4. The second kappa shape index (κ2) is 8.80. The number of pyridine rings is 1. The van der Waals surface area contributed by atoms with Crippen molar-refractivity contribution in [3.8, 4) is 0 Å². The molecule has 164 valence electrons. The van der Waals surface area contributed by atoms with Gasteiger partial charge in [-0.15, -0.1) is 0 Å². The SMILES string of the molecule is CC(c1cn(Cc2cn[nH]n2)c(=O)c2ccccc12)N(C)C(=O)Nc1ccc(F)c(Cl)c1. The maximum atomic E-state index is 13.4. The number of nitrogens with zero attached hydrogens (tertiary/aromatic N) is 4. The summed E-state index contributed by atoms with van der Waals surface area (Å²) in [7, 11) is 1.65. The minimum atomic E-state index is -0.563. The van der Waals surface area contributed by atoms with Gasteiger partial charge in [0.2, 0.25) is 0 Å². The molecule has 2 heterocycles. The number of nitrogens with one attached hydrogen (secondary N) is 2. The summed E-state index contributed by atoms with van der Waals surface area (Å²) in [6, 6.07) is 10.4. The van der Waals surface area contributed by atoms with E-state index in [4.69, 9.17) is 11.6 Å². The van der Waals surface area contributed by atoms with E-state index in [1.807, 2.05) is 19.1 Å². The third-order valence-electron chi connectivity index (χ3n) is 5.34. The highest BCUT2D eigenvalue weighted by Gasteiger charge is 2.22. The molecule has 1 atom stereocenters. The van der Waals surface area contributed by atoms with Crippen molar-refractivity contribution in [1.82, 2.24) is 24.9 Å². The molecule has 0 bridgehead atoms. The van der Waals surface area contributed by atoms with E-state index >= 15 is 0 Å². The van der Waals surface area contributed by atoms with Crippen molar-refractivity contribution < 1.29 is 9.18 Å². The Labute approximate surface area is 187 Å². The van der Waals surface area contributed by atoms with Gasteiger partial charge in [-0.25, -0.2) is 9.18 Å². The number of fused-ring (bicyclic) bond motifs is 1. The third kappa shape index (κ3) is 4.19. The molecule has 0 fully saturated rings. The second-order valence-electron chi connectivity index (χ2n) is 7.37. The molecule has 0 aliphatic carbocycles. The Morgan fingerprint density at radius 3 is 2.72 bits per heavy atom. The number of aromatic nitrogens is 4. The fourth-order valence-corrected chi connectivity index (χ4v) is 3.65. The van der Waals surface area contributed by atoms with Gasteiger partial charge in [0, 0.05) is 24.3 Å². The summed E-state index contributed by atoms with van der Waals surface area (Å²) in [5.74, 6) is -0.563. The number of rotatable bonds is 5. The first kappa shape index (κ1) is 21.5. The van der Waals surface area contributed by atoms with E-state index in [1.165, 1.54) is 23.1 Å². The van der Waals surface area contributed by atoms with Crippen molar-refractivity contribution in [2.45, 2.75) is 19.5 Å². The average molecular weight is 455 g/mol. The van der Waals surface area contributed by atoms with Gasteiger partial charge in [0.05, 0.1) is 23.8 Å². The molecule has 0 aliphatic heterocycles. The van der Waals surface area contributed by atoms with Crippen LogP contribution < -0.4 is 10.9 Å². The smallest absolute Gasteiger partial charge is 0.321 e. The van der Waals surface area contributed by atoms with Crippen LogP contribution in [0.5, 0.6) is 0 Å². The van der Waals surface area contributed by atoms with E-state index in [-0.39, 0.29) is 23.2 Å². The maximum absolute atomic E-state index is 13.4. The minimum Gasteiger partial charge on any atom is -0.321 e. The molecule has 2 aromatic heterocycles. The van der Waals surface area contributed by atoms with E-state index in [0.29, 0.717) is 16.8 Å². The Bertz CT molecular complexity index is 1340. The zero-order valence-electron chi connectivity index (χ0n) is 17.3. The number of hydrogen-bond donors (Lipinski definition) is 2. The quantitative estimate of drug-likeness (QED) is 0.472. The van der Waals surface area contributed by atoms with E-state index in [1.54, 1.807) is 36.1 Å². The molecule has 0 spiro atoms. The van der Waals surface area contributed by atoms with Gasteiger partial charge in [-0.05, 0) is 42.1 Å². The van der Waals surface area contributed by atoms with Crippen LogP contribution in [0.4, 0.5) is 14.9 Å². The second-order valence-corrected chi connectivity index (χ2v) is 7.78. The lowest BCUT2D eigenvalue weighted by Crippen LogP contribution is -2.34. The number of hydrogen-bond acceptors (Lipinski definition) is 4. The molecule has 0 saturated heterocycles. The number of amides is 2. The predicted octanol–water partition coefficient (Wildman–Crippen LogP) is 4.19. The molecule has 32 heavy (non-hydrogen) atoms. The van der Waals surface area contributed by atoms with Crippen molar-refractivity contribution in [2.75, 3.05) is 12.4 Å². The van der Waals surface area contributed by atoms with Crippen LogP contribution in [0.25, 0.3) is 10.8 Å². The van der Waals surface area contributed by atoms with Gasteiger partial charge in [-0.3, -0.25) is 4.79 Å². The molecule has 10 heteroatoms. The van der Waals surface area contributed by atoms with E-state index < -0.39 is 11.8 Å². The summed E-state index contributed by atoms with van der Waals surface area (Å²) in [5.41, 5.74) is 1.62. The number of aromatic amines is 1. The standard InChI is InChI=1S/C22H20ClFN6O2/c1-13(29(2)22(32)26-14-7-8-20(24)19(23)9-14)18-12-30(11-15-10-25-28-27-15)21(31)17-6-4-3-5-16(17)18/h3-10,12-13H,11H2,1-2H3,(H,26,32)(H,25,27,28). The molecule has 0 aliphatic rings. The van der Waals surface area contributed by atoms with Crippen LogP contribution in [0.2, 0.25) is 5.02 Å².